The van der Waals surface area contributed by atoms with Crippen LogP contribution in [-0.2, 0) is 4.74 Å². The summed E-state index contributed by atoms with van der Waals surface area (Å²) in [7, 11) is 7.50. The second-order valence-corrected chi connectivity index (χ2v) is 11.7. The number of thiol groups is 1. The summed E-state index contributed by atoms with van der Waals surface area (Å²) >= 11 is 5.75. The highest BCUT2D eigenvalue weighted by atomic mass is 32.2. The predicted molar refractivity (Wildman–Crippen MR) is 256 cm³/mol. The standard InChI is InChI=1S/C6H14O.C5H12.C4H10O.C4H10S.C4H10.C3H9N.C3H8.C2H6S.2C2H6.5CH5N/c1-4-6(3)7-5-2;1-4-5(2)3;1-3-4(2)5;1-3-5-4-2;1-4(2)3;1-3(2)4;1-3-2;1-2-3;7*1-2/h6H,4-5H2,1-3H3;5H,4H2,1-3H3;4-5H,3H2,1-2H3;3-4H2,1-2H3;4H,1-3H3;3H,4H2,1-2H3;3H2,1-2H3;3H,2H2,1H3;2*1-2H3;5*2H2,1H3. The molecule has 0 rings (SSSR count). The van der Waals surface area contributed by atoms with Crippen LogP contribution in [0.3, 0.4) is 0 Å². The fourth-order valence-electron chi connectivity index (χ4n) is 0.606. The number of thioether (sulfide) groups is 1. The molecule has 8 nitrogen and oxygen atoms in total. The van der Waals surface area contributed by atoms with Crippen LogP contribution in [0.1, 0.15) is 178 Å². The molecule has 0 aromatic rings. The van der Waals surface area contributed by atoms with Crippen LogP contribution < -0.4 is 34.4 Å². The van der Waals surface area contributed by atoms with Crippen LogP contribution in [0.25, 0.3) is 0 Å². The van der Waals surface area contributed by atoms with Gasteiger partial charge < -0.3 is 44.2 Å². The van der Waals surface area contributed by atoms with Gasteiger partial charge in [-0.25, -0.2) is 0 Å². The zero-order valence-corrected chi connectivity index (χ0v) is 42.4. The summed E-state index contributed by atoms with van der Waals surface area (Å²) in [5.74, 6) is 5.18. The Morgan fingerprint density at radius 1 is 0.540 bits per heavy atom. The first-order valence-corrected chi connectivity index (χ1v) is 21.5. The van der Waals surface area contributed by atoms with E-state index in [0.29, 0.717) is 12.1 Å². The zero-order chi connectivity index (χ0) is 45.0. The largest absolute Gasteiger partial charge is 0.393 e. The summed E-state index contributed by atoms with van der Waals surface area (Å²) in [6.45, 7) is 46.4. The molecule has 0 aromatic heterocycles. The van der Waals surface area contributed by atoms with Crippen LogP contribution in [0.4, 0.5) is 0 Å². The number of rotatable bonds is 7. The van der Waals surface area contributed by atoms with E-state index in [1.807, 2.05) is 74.1 Å². The molecule has 0 heterocycles. The average molecular weight is 778 g/mol. The van der Waals surface area contributed by atoms with Gasteiger partial charge >= 0.3 is 0 Å². The van der Waals surface area contributed by atoms with E-state index < -0.39 is 0 Å². The Morgan fingerprint density at radius 3 is 0.720 bits per heavy atom. The smallest absolute Gasteiger partial charge is 0.0544 e. The van der Waals surface area contributed by atoms with Crippen LogP contribution in [0.5, 0.6) is 0 Å². The third-order valence-corrected chi connectivity index (χ3v) is 3.66. The first-order chi connectivity index (χ1) is 23.6. The minimum atomic E-state index is -0.116. The van der Waals surface area contributed by atoms with Crippen molar-refractivity contribution in [3.63, 3.8) is 0 Å². The molecule has 330 valence electrons. The van der Waals surface area contributed by atoms with E-state index in [2.05, 4.69) is 124 Å². The molecule has 0 aliphatic rings. The Morgan fingerprint density at radius 2 is 0.700 bits per heavy atom. The van der Waals surface area contributed by atoms with Crippen molar-refractivity contribution in [3.05, 3.63) is 0 Å². The van der Waals surface area contributed by atoms with Crippen molar-refractivity contribution in [2.45, 2.75) is 196 Å². The van der Waals surface area contributed by atoms with Crippen LogP contribution in [0.2, 0.25) is 0 Å². The molecule has 0 saturated carbocycles. The summed E-state index contributed by atoms with van der Waals surface area (Å²) in [5, 5.41) is 8.36. The molecule has 0 aromatic carbocycles. The van der Waals surface area contributed by atoms with Gasteiger partial charge in [0.05, 0.1) is 12.2 Å². The van der Waals surface area contributed by atoms with Crippen LogP contribution in [0.15, 0.2) is 0 Å². The highest BCUT2D eigenvalue weighted by Crippen LogP contribution is 1.94. The topological polar surface area (TPSA) is 186 Å². The number of aliphatic hydroxyl groups excluding tert-OH is 1. The van der Waals surface area contributed by atoms with Crippen molar-refractivity contribution in [3.8, 4) is 0 Å². The van der Waals surface area contributed by atoms with Crippen molar-refractivity contribution in [2.24, 2.45) is 46.2 Å². The lowest BCUT2D eigenvalue weighted by Crippen LogP contribution is -2.06. The molecule has 0 aliphatic heterocycles. The maximum Gasteiger partial charge on any atom is 0.0544 e. The summed E-state index contributed by atoms with van der Waals surface area (Å²) in [4.78, 5) is 0. The summed E-state index contributed by atoms with van der Waals surface area (Å²) in [5.41, 5.74) is 27.6. The lowest BCUT2D eigenvalue weighted by molar-refractivity contribution is 0.0739. The molecule has 0 spiro atoms. The van der Waals surface area contributed by atoms with Crippen LogP contribution >= 0.6 is 24.4 Å². The van der Waals surface area contributed by atoms with Gasteiger partial charge in [0, 0.05) is 6.61 Å². The Kier molecular flexibility index (Phi) is 352. The van der Waals surface area contributed by atoms with Gasteiger partial charge in [-0.2, -0.15) is 24.4 Å². The highest BCUT2D eigenvalue weighted by Gasteiger charge is 1.91. The Labute approximate surface area is 334 Å². The second kappa shape index (κ2) is 179. The summed E-state index contributed by atoms with van der Waals surface area (Å²) in [6.07, 6.45) is 4.87. The van der Waals surface area contributed by atoms with Gasteiger partial charge in [-0.1, -0.05) is 144 Å². The van der Waals surface area contributed by atoms with E-state index >= 15 is 0 Å². The quantitative estimate of drug-likeness (QED) is 0.116. The Balaban J connectivity index is -0.0000000207. The average Bonchev–Trinajstić information content (AvgIpc) is 3.12. The molecule has 50 heavy (non-hydrogen) atoms. The molecule has 10 heteroatoms. The predicted octanol–water partition coefficient (Wildman–Crippen LogP) is 10.7. The van der Waals surface area contributed by atoms with Crippen molar-refractivity contribution >= 4 is 24.4 Å². The molecule has 0 aliphatic carbocycles. The maximum absolute atomic E-state index is 8.36. The number of aliphatic hydroxyl groups is 1. The van der Waals surface area contributed by atoms with Crippen molar-refractivity contribution < 1.29 is 9.84 Å². The van der Waals surface area contributed by atoms with E-state index in [4.69, 9.17) is 15.6 Å². The second-order valence-electron chi connectivity index (χ2n) is 9.51. The SMILES string of the molecule is CC.CC.CC(C)C.CC(C)N.CCC.CCC(C)C.CCC(C)O.CCOC(C)CC.CCS.CCSCC.CN.CN.CN.CN.CN. The van der Waals surface area contributed by atoms with Crippen molar-refractivity contribution in [1.82, 2.24) is 0 Å². The highest BCUT2D eigenvalue weighted by molar-refractivity contribution is 7.99. The molecule has 0 saturated heterocycles. The van der Waals surface area contributed by atoms with Gasteiger partial charge in [-0.15, -0.1) is 0 Å². The van der Waals surface area contributed by atoms with Gasteiger partial charge in [0.1, 0.15) is 0 Å². The Bertz CT molecular complexity index is 250. The number of hydrogen-bond acceptors (Lipinski definition) is 10. The van der Waals surface area contributed by atoms with Crippen molar-refractivity contribution in [2.75, 3.05) is 59.1 Å². The molecule has 0 bridgehead atoms. The van der Waals surface area contributed by atoms with E-state index in [9.17, 15) is 0 Å². The number of nitrogens with two attached hydrogens (primary N) is 6. The molecule has 0 fully saturated rings. The van der Waals surface area contributed by atoms with Crippen molar-refractivity contribution in [1.29, 1.82) is 0 Å². The monoisotopic (exact) mass is 777 g/mol. The first-order valence-electron chi connectivity index (χ1n) is 19.7. The third-order valence-electron chi connectivity index (χ3n) is 2.84. The van der Waals surface area contributed by atoms with Crippen LogP contribution in [-0.4, -0.2) is 82.5 Å². The molecular formula is C40H116N6O2S2. The summed E-state index contributed by atoms with van der Waals surface area (Å²) in [6, 6.07) is 0.333. The van der Waals surface area contributed by atoms with Gasteiger partial charge in [-0.3, -0.25) is 0 Å². The first kappa shape index (κ1) is 98.1. The van der Waals surface area contributed by atoms with E-state index in [0.717, 1.165) is 37.0 Å². The van der Waals surface area contributed by atoms with E-state index in [1.165, 1.54) is 59.6 Å². The molecular weight excluding hydrogens is 661 g/mol. The molecule has 2 unspecified atom stereocenters. The molecule has 0 radical (unpaired) electrons. The molecule has 2 atom stereocenters. The summed E-state index contributed by atoms with van der Waals surface area (Å²) < 4.78 is 5.19. The molecule has 0 amide bonds. The molecule has 13 N–H and O–H groups in total. The van der Waals surface area contributed by atoms with Gasteiger partial charge in [0.15, 0.2) is 0 Å². The fourth-order valence-corrected chi connectivity index (χ4v) is 1.01. The van der Waals surface area contributed by atoms with Crippen LogP contribution in [0, 0.1) is 11.8 Å². The lowest BCUT2D eigenvalue weighted by Gasteiger charge is -2.05. The van der Waals surface area contributed by atoms with Gasteiger partial charge in [0.2, 0.25) is 0 Å². The Hall–Kier alpha value is 0.380. The number of hydrogen-bond donors (Lipinski definition) is 8. The minimum Gasteiger partial charge on any atom is -0.393 e. The fraction of sp³-hybridized carbons (Fsp3) is 1.00. The normalized spacial score (nSPS) is 8.28. The van der Waals surface area contributed by atoms with Gasteiger partial charge in [0.25, 0.3) is 0 Å². The third kappa shape index (κ3) is 839. The maximum atomic E-state index is 8.36. The van der Waals surface area contributed by atoms with Gasteiger partial charge in [-0.05, 0) is 104 Å². The van der Waals surface area contributed by atoms with E-state index in [1.54, 1.807) is 6.92 Å². The number of ether oxygens (including phenoxy) is 1. The zero-order valence-electron chi connectivity index (χ0n) is 40.7. The lowest BCUT2D eigenvalue weighted by atomic mass is 10.2. The minimum absolute atomic E-state index is 0.116. The van der Waals surface area contributed by atoms with E-state index in [-0.39, 0.29) is 6.10 Å².